The van der Waals surface area contributed by atoms with E-state index >= 15 is 0 Å². The fraction of sp³-hybridized carbons (Fsp3) is 0.111. The zero-order valence-electron chi connectivity index (χ0n) is 7.58. The van der Waals surface area contributed by atoms with Gasteiger partial charge in [-0.3, -0.25) is 0 Å². The number of hydrogen-bond donors (Lipinski definition) is 1. The number of nitrogens with zero attached hydrogens (tertiary/aromatic N) is 2. The van der Waals surface area contributed by atoms with Crippen LogP contribution in [0.3, 0.4) is 0 Å². The fourth-order valence-corrected chi connectivity index (χ4v) is 1.81. The van der Waals surface area contributed by atoms with Crippen LogP contribution in [0.5, 0.6) is 0 Å². The molecule has 2 N–H and O–H groups in total. The van der Waals surface area contributed by atoms with E-state index in [0.717, 1.165) is 5.56 Å². The standard InChI is InChI=1S/C9H7Cl2N3O/c10-6-1-5(2-7(11)4-6)3-8-13-9(12)15-14-8/h1-2,4H,3H2,(H2,12,13,14). The normalized spacial score (nSPS) is 10.5. The summed E-state index contributed by atoms with van der Waals surface area (Å²) >= 11 is 11.7. The monoisotopic (exact) mass is 243 g/mol. The van der Waals surface area contributed by atoms with Gasteiger partial charge < -0.3 is 10.3 Å². The van der Waals surface area contributed by atoms with Crippen molar-refractivity contribution in [3.8, 4) is 0 Å². The van der Waals surface area contributed by atoms with Crippen molar-refractivity contribution in [2.24, 2.45) is 0 Å². The Kier molecular flexibility index (Phi) is 2.79. The zero-order valence-corrected chi connectivity index (χ0v) is 9.09. The predicted molar refractivity (Wildman–Crippen MR) is 58.0 cm³/mol. The molecule has 0 bridgehead atoms. The molecule has 78 valence electrons. The first-order valence-electron chi connectivity index (χ1n) is 4.16. The van der Waals surface area contributed by atoms with Crippen molar-refractivity contribution < 1.29 is 4.52 Å². The molecule has 6 heteroatoms. The summed E-state index contributed by atoms with van der Waals surface area (Å²) in [5.74, 6) is 0.505. The maximum Gasteiger partial charge on any atom is 0.318 e. The molecule has 0 fully saturated rings. The average Bonchev–Trinajstić information content (AvgIpc) is 2.49. The van der Waals surface area contributed by atoms with Crippen LogP contribution >= 0.6 is 23.2 Å². The van der Waals surface area contributed by atoms with Gasteiger partial charge >= 0.3 is 6.01 Å². The van der Waals surface area contributed by atoms with Crippen LogP contribution in [-0.4, -0.2) is 10.1 Å². The topological polar surface area (TPSA) is 64.9 Å². The van der Waals surface area contributed by atoms with Crippen LogP contribution in [-0.2, 0) is 6.42 Å². The van der Waals surface area contributed by atoms with Crippen molar-refractivity contribution in [3.05, 3.63) is 39.6 Å². The smallest absolute Gasteiger partial charge is 0.318 e. The summed E-state index contributed by atoms with van der Waals surface area (Å²) < 4.78 is 4.65. The lowest BCUT2D eigenvalue weighted by atomic mass is 10.1. The van der Waals surface area contributed by atoms with Crippen molar-refractivity contribution in [1.82, 2.24) is 10.1 Å². The van der Waals surface area contributed by atoms with Crippen molar-refractivity contribution in [2.75, 3.05) is 5.73 Å². The number of aromatic nitrogens is 2. The van der Waals surface area contributed by atoms with Crippen LogP contribution in [0.4, 0.5) is 6.01 Å². The second kappa shape index (κ2) is 4.08. The summed E-state index contributed by atoms with van der Waals surface area (Å²) in [6, 6.07) is 5.30. The molecular formula is C9H7Cl2N3O. The van der Waals surface area contributed by atoms with E-state index in [1.54, 1.807) is 18.2 Å². The summed E-state index contributed by atoms with van der Waals surface area (Å²) in [5, 5.41) is 4.83. The van der Waals surface area contributed by atoms with Crippen LogP contribution in [0.25, 0.3) is 0 Å². The summed E-state index contributed by atoms with van der Waals surface area (Å²) in [7, 11) is 0. The average molecular weight is 244 g/mol. The number of hydrogen-bond acceptors (Lipinski definition) is 4. The molecule has 0 aliphatic carbocycles. The highest BCUT2D eigenvalue weighted by atomic mass is 35.5. The van der Waals surface area contributed by atoms with Crippen LogP contribution < -0.4 is 5.73 Å². The molecule has 2 rings (SSSR count). The Hall–Kier alpha value is -1.26. The van der Waals surface area contributed by atoms with E-state index in [4.69, 9.17) is 28.9 Å². The van der Waals surface area contributed by atoms with Gasteiger partial charge in [-0.25, -0.2) is 0 Å². The Morgan fingerprint density at radius 2 is 1.87 bits per heavy atom. The highest BCUT2D eigenvalue weighted by Gasteiger charge is 2.05. The Balaban J connectivity index is 2.24. The molecule has 15 heavy (non-hydrogen) atoms. The molecule has 0 spiro atoms. The molecule has 1 heterocycles. The minimum absolute atomic E-state index is 0.0538. The highest BCUT2D eigenvalue weighted by molar-refractivity contribution is 6.34. The first-order valence-corrected chi connectivity index (χ1v) is 4.92. The van der Waals surface area contributed by atoms with Gasteiger partial charge in [-0.05, 0) is 23.8 Å². The number of nitrogen functional groups attached to an aromatic ring is 1. The summed E-state index contributed by atoms with van der Waals surface area (Å²) in [5.41, 5.74) is 6.21. The van der Waals surface area contributed by atoms with Gasteiger partial charge in [0.15, 0.2) is 5.82 Å². The van der Waals surface area contributed by atoms with Gasteiger partial charge in [-0.15, -0.1) is 0 Å². The van der Waals surface area contributed by atoms with Crippen LogP contribution in [0.15, 0.2) is 22.7 Å². The van der Waals surface area contributed by atoms with Gasteiger partial charge in [-0.2, -0.15) is 4.98 Å². The molecule has 0 atom stereocenters. The summed E-state index contributed by atoms with van der Waals surface area (Å²) in [4.78, 5) is 3.88. The molecule has 1 aromatic carbocycles. The number of rotatable bonds is 2. The maximum absolute atomic E-state index is 5.85. The molecule has 0 radical (unpaired) electrons. The Morgan fingerprint density at radius 3 is 2.40 bits per heavy atom. The van der Waals surface area contributed by atoms with E-state index in [0.29, 0.717) is 22.3 Å². The second-order valence-electron chi connectivity index (χ2n) is 3.00. The Bertz CT molecular complexity index is 464. The van der Waals surface area contributed by atoms with Crippen molar-refractivity contribution >= 4 is 29.2 Å². The third kappa shape index (κ3) is 2.61. The first-order chi connectivity index (χ1) is 7.13. The third-order valence-electron chi connectivity index (χ3n) is 1.77. The van der Waals surface area contributed by atoms with Gasteiger partial charge in [0.05, 0.1) is 0 Å². The van der Waals surface area contributed by atoms with E-state index in [9.17, 15) is 0 Å². The molecule has 0 amide bonds. The van der Waals surface area contributed by atoms with Gasteiger partial charge in [0.2, 0.25) is 0 Å². The minimum Gasteiger partial charge on any atom is -0.351 e. The summed E-state index contributed by atoms with van der Waals surface area (Å²) in [6.45, 7) is 0. The van der Waals surface area contributed by atoms with Crippen LogP contribution in [0.1, 0.15) is 11.4 Å². The lowest BCUT2D eigenvalue weighted by molar-refractivity contribution is 0.428. The zero-order chi connectivity index (χ0) is 10.8. The van der Waals surface area contributed by atoms with E-state index in [1.807, 2.05) is 0 Å². The van der Waals surface area contributed by atoms with Gasteiger partial charge in [0.1, 0.15) is 0 Å². The molecule has 0 unspecified atom stereocenters. The molecule has 1 aromatic heterocycles. The van der Waals surface area contributed by atoms with Crippen LogP contribution in [0.2, 0.25) is 10.0 Å². The van der Waals surface area contributed by atoms with E-state index in [-0.39, 0.29) is 6.01 Å². The number of anilines is 1. The molecule has 2 aromatic rings. The highest BCUT2D eigenvalue weighted by Crippen LogP contribution is 2.20. The minimum atomic E-state index is 0.0538. The third-order valence-corrected chi connectivity index (χ3v) is 2.20. The van der Waals surface area contributed by atoms with Crippen LogP contribution in [0, 0.1) is 0 Å². The van der Waals surface area contributed by atoms with E-state index in [2.05, 4.69) is 14.7 Å². The number of halogens is 2. The SMILES string of the molecule is Nc1nc(Cc2cc(Cl)cc(Cl)c2)no1. The molecule has 0 saturated carbocycles. The van der Waals surface area contributed by atoms with Crippen molar-refractivity contribution in [2.45, 2.75) is 6.42 Å². The van der Waals surface area contributed by atoms with E-state index in [1.165, 1.54) is 0 Å². The molecule has 4 nitrogen and oxygen atoms in total. The van der Waals surface area contributed by atoms with Crippen molar-refractivity contribution in [1.29, 1.82) is 0 Å². The maximum atomic E-state index is 5.85. The molecule has 0 saturated heterocycles. The lowest BCUT2D eigenvalue weighted by Gasteiger charge is -1.99. The molecule has 0 aliphatic rings. The van der Waals surface area contributed by atoms with E-state index < -0.39 is 0 Å². The van der Waals surface area contributed by atoms with Crippen molar-refractivity contribution in [3.63, 3.8) is 0 Å². The van der Waals surface area contributed by atoms with Gasteiger partial charge in [0, 0.05) is 16.5 Å². The van der Waals surface area contributed by atoms with Gasteiger partial charge in [-0.1, -0.05) is 28.4 Å². The summed E-state index contributed by atoms with van der Waals surface area (Å²) in [6.07, 6.45) is 0.487. The Labute approximate surface area is 96.0 Å². The number of nitrogens with two attached hydrogens (primary N) is 1. The quantitative estimate of drug-likeness (QED) is 0.881. The second-order valence-corrected chi connectivity index (χ2v) is 3.88. The first kappa shape index (κ1) is 10.3. The van der Waals surface area contributed by atoms with Gasteiger partial charge in [0.25, 0.3) is 0 Å². The predicted octanol–water partition coefficient (Wildman–Crippen LogP) is 2.55. The Morgan fingerprint density at radius 1 is 1.20 bits per heavy atom. The number of benzene rings is 1. The fourth-order valence-electron chi connectivity index (χ4n) is 1.23. The lowest BCUT2D eigenvalue weighted by Crippen LogP contribution is -1.91. The molecule has 0 aliphatic heterocycles. The molecular weight excluding hydrogens is 237 g/mol. The largest absolute Gasteiger partial charge is 0.351 e.